The monoisotopic (exact) mass is 437 g/mol. The summed E-state index contributed by atoms with van der Waals surface area (Å²) in [5.41, 5.74) is 9.70. The molecule has 0 saturated carbocycles. The van der Waals surface area contributed by atoms with Gasteiger partial charge in [0.1, 0.15) is 0 Å². The molecule has 0 aromatic carbocycles. The van der Waals surface area contributed by atoms with Crippen LogP contribution in [0.25, 0.3) is 22.3 Å². The van der Waals surface area contributed by atoms with Crippen LogP contribution in [0.1, 0.15) is 21.6 Å². The Hall–Kier alpha value is -4.73. The van der Waals surface area contributed by atoms with Gasteiger partial charge in [-0.25, -0.2) is 19.6 Å². The number of amides is 1. The summed E-state index contributed by atoms with van der Waals surface area (Å²) in [7, 11) is 0. The van der Waals surface area contributed by atoms with Gasteiger partial charge in [-0.15, -0.1) is 0 Å². The average Bonchev–Trinajstić information content (AvgIpc) is 3.26. The second-order valence-corrected chi connectivity index (χ2v) is 7.29. The Kier molecular flexibility index (Phi) is 5.38. The molecule has 0 fully saturated rings. The lowest BCUT2D eigenvalue weighted by atomic mass is 10.1. The van der Waals surface area contributed by atoms with Crippen LogP contribution in [0.3, 0.4) is 0 Å². The maximum atomic E-state index is 13.2. The molecule has 0 radical (unpaired) electrons. The number of aromatic nitrogens is 7. The number of carbonyl (C=O) groups is 1. The van der Waals surface area contributed by atoms with E-state index in [-0.39, 0.29) is 18.4 Å². The first-order chi connectivity index (χ1) is 16.2. The molecule has 5 aromatic heterocycles. The molecule has 162 valence electrons. The summed E-state index contributed by atoms with van der Waals surface area (Å²) in [6, 6.07) is 11.0. The van der Waals surface area contributed by atoms with Crippen molar-refractivity contribution in [2.24, 2.45) is 0 Å². The highest BCUT2D eigenvalue weighted by Gasteiger charge is 2.18. The van der Waals surface area contributed by atoms with E-state index in [9.17, 15) is 4.79 Å². The fraction of sp³-hybridized carbons (Fsp3) is 0.0870. The van der Waals surface area contributed by atoms with E-state index in [4.69, 9.17) is 10.7 Å². The van der Waals surface area contributed by atoms with Crippen LogP contribution in [0.2, 0.25) is 0 Å². The number of nitrogens with zero attached hydrogens (tertiary/aromatic N) is 7. The number of pyridine rings is 3. The lowest BCUT2D eigenvalue weighted by molar-refractivity contribution is 0.0952. The quantitative estimate of drug-likeness (QED) is 0.413. The van der Waals surface area contributed by atoms with Crippen molar-refractivity contribution in [3.63, 3.8) is 0 Å². The van der Waals surface area contributed by atoms with Gasteiger partial charge in [0.2, 0.25) is 5.95 Å². The number of hydrogen-bond acceptors (Lipinski definition) is 8. The molecule has 0 aliphatic rings. The van der Waals surface area contributed by atoms with E-state index in [2.05, 4.69) is 30.4 Å². The van der Waals surface area contributed by atoms with Crippen LogP contribution in [-0.2, 0) is 13.1 Å². The highest BCUT2D eigenvalue weighted by Crippen LogP contribution is 2.25. The molecule has 0 aliphatic carbocycles. The second-order valence-electron chi connectivity index (χ2n) is 7.29. The van der Waals surface area contributed by atoms with Crippen molar-refractivity contribution in [3.05, 3.63) is 90.4 Å². The van der Waals surface area contributed by atoms with Gasteiger partial charge in [0.05, 0.1) is 41.6 Å². The van der Waals surface area contributed by atoms with Gasteiger partial charge in [0.25, 0.3) is 5.91 Å². The van der Waals surface area contributed by atoms with Crippen LogP contribution in [0, 0.1) is 0 Å². The fourth-order valence-electron chi connectivity index (χ4n) is 3.46. The van der Waals surface area contributed by atoms with Crippen LogP contribution >= 0.6 is 0 Å². The summed E-state index contributed by atoms with van der Waals surface area (Å²) in [6.45, 7) is 0.684. The normalized spacial score (nSPS) is 10.9. The third-order valence-corrected chi connectivity index (χ3v) is 5.03. The molecule has 0 atom stereocenters. The van der Waals surface area contributed by atoms with E-state index >= 15 is 0 Å². The van der Waals surface area contributed by atoms with E-state index in [1.807, 2.05) is 24.3 Å². The number of fused-ring (bicyclic) bond motifs is 1. The zero-order chi connectivity index (χ0) is 22.6. The molecule has 5 heterocycles. The Balaban J connectivity index is 1.54. The number of nitrogens with one attached hydrogen (secondary N) is 1. The van der Waals surface area contributed by atoms with Crippen molar-refractivity contribution in [1.29, 1.82) is 0 Å². The second kappa shape index (κ2) is 8.79. The SMILES string of the molecule is Nc1nccc(CNC(=O)c2cc(-c3cccnc3)nc3c2cnn3Cc2cccnc2)n1. The molecule has 0 aliphatic heterocycles. The third kappa shape index (κ3) is 4.35. The predicted molar refractivity (Wildman–Crippen MR) is 122 cm³/mol. The first-order valence-electron chi connectivity index (χ1n) is 10.2. The van der Waals surface area contributed by atoms with E-state index in [1.165, 1.54) is 0 Å². The molecule has 10 nitrogen and oxygen atoms in total. The number of carbonyl (C=O) groups excluding carboxylic acids is 1. The number of anilines is 1. The molecule has 5 aromatic rings. The third-order valence-electron chi connectivity index (χ3n) is 5.03. The molecule has 10 heteroatoms. The minimum absolute atomic E-state index is 0.156. The minimum Gasteiger partial charge on any atom is -0.368 e. The number of hydrogen-bond donors (Lipinski definition) is 2. The summed E-state index contributed by atoms with van der Waals surface area (Å²) in [4.78, 5) is 34.3. The van der Waals surface area contributed by atoms with Crippen LogP contribution in [-0.4, -0.2) is 40.6 Å². The van der Waals surface area contributed by atoms with Gasteiger partial charge in [-0.1, -0.05) is 6.07 Å². The number of rotatable bonds is 6. The van der Waals surface area contributed by atoms with Gasteiger partial charge >= 0.3 is 0 Å². The van der Waals surface area contributed by atoms with Gasteiger partial charge in [-0.2, -0.15) is 5.10 Å². The Bertz CT molecular complexity index is 1420. The molecule has 33 heavy (non-hydrogen) atoms. The lowest BCUT2D eigenvalue weighted by Crippen LogP contribution is -2.24. The topological polar surface area (TPSA) is 137 Å². The predicted octanol–water partition coefficient (Wildman–Crippen LogP) is 2.24. The largest absolute Gasteiger partial charge is 0.368 e. The Morgan fingerprint density at radius 3 is 2.61 bits per heavy atom. The summed E-state index contributed by atoms with van der Waals surface area (Å²) >= 11 is 0. The summed E-state index contributed by atoms with van der Waals surface area (Å²) in [6.07, 6.45) is 10.1. The smallest absolute Gasteiger partial charge is 0.252 e. The maximum Gasteiger partial charge on any atom is 0.252 e. The Morgan fingerprint density at radius 1 is 1.00 bits per heavy atom. The van der Waals surface area contributed by atoms with Crippen molar-refractivity contribution in [2.45, 2.75) is 13.1 Å². The molecule has 3 N–H and O–H groups in total. The van der Waals surface area contributed by atoms with Crippen LogP contribution < -0.4 is 11.1 Å². The molecule has 0 saturated heterocycles. The molecular weight excluding hydrogens is 418 g/mol. The van der Waals surface area contributed by atoms with Gasteiger partial charge in [0, 0.05) is 36.5 Å². The van der Waals surface area contributed by atoms with Crippen LogP contribution in [0.4, 0.5) is 5.95 Å². The molecule has 0 spiro atoms. The highest BCUT2D eigenvalue weighted by molar-refractivity contribution is 6.06. The minimum atomic E-state index is -0.273. The molecule has 0 unspecified atom stereocenters. The molecular formula is C23H19N9O. The molecule has 5 rings (SSSR count). The van der Waals surface area contributed by atoms with Crippen LogP contribution in [0.15, 0.2) is 73.6 Å². The van der Waals surface area contributed by atoms with Gasteiger partial charge in [-0.3, -0.25) is 14.8 Å². The van der Waals surface area contributed by atoms with Crippen molar-refractivity contribution in [1.82, 2.24) is 40.0 Å². The van der Waals surface area contributed by atoms with Crippen molar-refractivity contribution in [2.75, 3.05) is 5.73 Å². The van der Waals surface area contributed by atoms with E-state index in [0.717, 1.165) is 11.1 Å². The van der Waals surface area contributed by atoms with E-state index < -0.39 is 0 Å². The van der Waals surface area contributed by atoms with E-state index in [1.54, 1.807) is 54.0 Å². The average molecular weight is 437 g/mol. The fourth-order valence-corrected chi connectivity index (χ4v) is 3.46. The van der Waals surface area contributed by atoms with Crippen molar-refractivity contribution in [3.8, 4) is 11.3 Å². The van der Waals surface area contributed by atoms with Gasteiger partial charge in [0.15, 0.2) is 5.65 Å². The maximum absolute atomic E-state index is 13.2. The lowest BCUT2D eigenvalue weighted by Gasteiger charge is -2.10. The first-order valence-corrected chi connectivity index (χ1v) is 10.2. The van der Waals surface area contributed by atoms with Crippen LogP contribution in [0.5, 0.6) is 0 Å². The Morgan fingerprint density at radius 2 is 1.85 bits per heavy atom. The van der Waals surface area contributed by atoms with Gasteiger partial charge < -0.3 is 11.1 Å². The Labute approximate surface area is 188 Å². The summed E-state index contributed by atoms with van der Waals surface area (Å²) < 4.78 is 1.76. The van der Waals surface area contributed by atoms with Crippen molar-refractivity contribution < 1.29 is 4.79 Å². The summed E-state index contributed by atoms with van der Waals surface area (Å²) in [5.74, 6) is -0.116. The van der Waals surface area contributed by atoms with Gasteiger partial charge in [-0.05, 0) is 35.9 Å². The number of nitrogens with two attached hydrogens (primary N) is 1. The molecule has 0 bridgehead atoms. The zero-order valence-electron chi connectivity index (χ0n) is 17.5. The molecule has 1 amide bonds. The zero-order valence-corrected chi connectivity index (χ0v) is 17.5. The highest BCUT2D eigenvalue weighted by atomic mass is 16.1. The van der Waals surface area contributed by atoms with E-state index in [0.29, 0.717) is 34.5 Å². The number of nitrogen functional groups attached to an aromatic ring is 1. The van der Waals surface area contributed by atoms with Crippen molar-refractivity contribution >= 4 is 22.9 Å². The first kappa shape index (κ1) is 20.2. The summed E-state index contributed by atoms with van der Waals surface area (Å²) in [5, 5.41) is 8.03. The standard InChI is InChI=1S/C23H19N9O/c24-23-27-8-5-17(30-23)12-28-22(33)18-9-20(16-4-2-7-26-11-16)31-21-19(18)13-29-32(21)14-15-3-1-6-25-10-15/h1-11,13H,12,14H2,(H,28,33)(H2,24,27,30).